The molecule has 1 atom stereocenters. The monoisotopic (exact) mass is 227 g/mol. The summed E-state index contributed by atoms with van der Waals surface area (Å²) in [6.45, 7) is 10.8. The maximum atomic E-state index is 3.88. The number of hydrogen-bond donors (Lipinski definition) is 1. The molecule has 90 valence electrons. The van der Waals surface area contributed by atoms with E-state index < -0.39 is 8.96 Å². The zero-order valence-corrected chi connectivity index (χ0v) is 12.3. The number of rotatable bonds is 5. The van der Waals surface area contributed by atoms with E-state index in [9.17, 15) is 0 Å². The van der Waals surface area contributed by atoms with E-state index in [-0.39, 0.29) is 0 Å². The molecule has 1 fully saturated rings. The predicted molar refractivity (Wildman–Crippen MR) is 71.9 cm³/mol. The third-order valence-corrected chi connectivity index (χ3v) is 7.74. The Labute approximate surface area is 97.7 Å². The molecule has 0 aromatic heterocycles. The Kier molecular flexibility index (Phi) is 5.34. The van der Waals surface area contributed by atoms with Crippen LogP contribution in [-0.4, -0.2) is 15.5 Å². The summed E-state index contributed by atoms with van der Waals surface area (Å²) in [6, 6.07) is 1.53. The Morgan fingerprint density at radius 1 is 1.20 bits per heavy atom. The van der Waals surface area contributed by atoms with Crippen LogP contribution in [-0.2, 0) is 0 Å². The van der Waals surface area contributed by atoms with Crippen LogP contribution >= 0.6 is 0 Å². The summed E-state index contributed by atoms with van der Waals surface area (Å²) in [5.41, 5.74) is 0. The van der Waals surface area contributed by atoms with Crippen molar-refractivity contribution >= 4 is 8.96 Å². The highest BCUT2D eigenvalue weighted by Crippen LogP contribution is 2.35. The van der Waals surface area contributed by atoms with Crippen LogP contribution in [0.25, 0.3) is 0 Å². The van der Waals surface area contributed by atoms with Crippen molar-refractivity contribution in [1.82, 2.24) is 4.98 Å². The van der Waals surface area contributed by atoms with Gasteiger partial charge in [-0.25, -0.2) is 0 Å². The number of hydrogen-bond acceptors (Lipinski definition) is 1. The van der Waals surface area contributed by atoms with Crippen molar-refractivity contribution in [2.24, 2.45) is 5.92 Å². The predicted octanol–water partition coefficient (Wildman–Crippen LogP) is 3.70. The van der Waals surface area contributed by atoms with E-state index in [2.05, 4.69) is 32.7 Å². The van der Waals surface area contributed by atoms with Crippen LogP contribution in [0.1, 0.15) is 59.8 Å². The van der Waals surface area contributed by atoms with Gasteiger partial charge in [-0.2, -0.15) is 0 Å². The second-order valence-corrected chi connectivity index (χ2v) is 9.98. The van der Waals surface area contributed by atoms with E-state index >= 15 is 0 Å². The molecule has 0 amide bonds. The molecule has 0 radical (unpaired) electrons. The molecule has 2 heteroatoms. The van der Waals surface area contributed by atoms with Crippen molar-refractivity contribution in [2.75, 3.05) is 6.54 Å². The van der Waals surface area contributed by atoms with E-state index in [0.717, 1.165) is 5.92 Å². The van der Waals surface area contributed by atoms with Gasteiger partial charge in [-0.05, 0) is 30.0 Å². The van der Waals surface area contributed by atoms with E-state index in [1.54, 1.807) is 0 Å². The molecule has 1 nitrogen and oxygen atoms in total. The van der Waals surface area contributed by atoms with Crippen molar-refractivity contribution in [3.05, 3.63) is 0 Å². The third kappa shape index (κ3) is 4.69. The van der Waals surface area contributed by atoms with E-state index in [0.29, 0.717) is 5.04 Å². The molecule has 0 aliphatic heterocycles. The first kappa shape index (κ1) is 13.2. The second kappa shape index (κ2) is 6.05. The average molecular weight is 227 g/mol. The average Bonchev–Trinajstić information content (AvgIpc) is 2.62. The molecule has 0 bridgehead atoms. The molecule has 1 aliphatic rings. The van der Waals surface area contributed by atoms with Crippen molar-refractivity contribution in [3.63, 3.8) is 0 Å². The fourth-order valence-corrected chi connectivity index (χ4v) is 5.90. The summed E-state index contributed by atoms with van der Waals surface area (Å²) >= 11 is 0. The first-order valence-corrected chi connectivity index (χ1v) is 8.74. The number of nitrogens with one attached hydrogen (secondary N) is 1. The highest BCUT2D eigenvalue weighted by Gasteiger charge is 2.29. The molecule has 15 heavy (non-hydrogen) atoms. The molecular formula is C13H29NSi. The lowest BCUT2D eigenvalue weighted by Gasteiger charge is -2.32. The molecule has 0 spiro atoms. The lowest BCUT2D eigenvalue weighted by molar-refractivity contribution is 0.577. The Hall–Kier alpha value is 0.177. The topological polar surface area (TPSA) is 12.0 Å². The van der Waals surface area contributed by atoms with Gasteiger partial charge in [0.15, 0.2) is 0 Å². The van der Waals surface area contributed by atoms with Gasteiger partial charge in [0.1, 0.15) is 8.96 Å². The lowest BCUT2D eigenvalue weighted by atomic mass is 10.1. The summed E-state index contributed by atoms with van der Waals surface area (Å²) in [5.74, 6) is 1.06. The minimum absolute atomic E-state index is 0.553. The third-order valence-electron chi connectivity index (χ3n) is 3.73. The lowest BCUT2D eigenvalue weighted by Crippen LogP contribution is -2.43. The summed E-state index contributed by atoms with van der Waals surface area (Å²) in [5, 5.41) is 0.553. The van der Waals surface area contributed by atoms with Crippen molar-refractivity contribution in [3.8, 4) is 0 Å². The maximum Gasteiger partial charge on any atom is 0.114 e. The van der Waals surface area contributed by atoms with Crippen molar-refractivity contribution in [1.29, 1.82) is 0 Å². The van der Waals surface area contributed by atoms with Gasteiger partial charge < -0.3 is 4.98 Å². The molecule has 1 saturated carbocycles. The standard InChI is InChI=1S/C13H29NSi/c1-5-10-14-15(13(2,3)4)11-12-8-6-7-9-12/h12,14-15H,5-11H2,1-4H3. The van der Waals surface area contributed by atoms with Gasteiger partial charge in [-0.1, -0.05) is 53.4 Å². The van der Waals surface area contributed by atoms with E-state index in [4.69, 9.17) is 0 Å². The van der Waals surface area contributed by atoms with Gasteiger partial charge in [0, 0.05) is 0 Å². The van der Waals surface area contributed by atoms with Gasteiger partial charge >= 0.3 is 0 Å². The molecule has 0 aromatic rings. The van der Waals surface area contributed by atoms with E-state index in [1.165, 1.54) is 44.7 Å². The van der Waals surface area contributed by atoms with Gasteiger partial charge in [0.25, 0.3) is 0 Å². The van der Waals surface area contributed by atoms with Gasteiger partial charge in [-0.3, -0.25) is 0 Å². The maximum absolute atomic E-state index is 3.88. The summed E-state index contributed by atoms with van der Waals surface area (Å²) < 4.78 is 0. The first-order valence-electron chi connectivity index (χ1n) is 6.77. The van der Waals surface area contributed by atoms with Crippen LogP contribution in [0.5, 0.6) is 0 Å². The van der Waals surface area contributed by atoms with Crippen molar-refractivity contribution < 1.29 is 0 Å². The minimum Gasteiger partial charge on any atom is -0.339 e. The smallest absolute Gasteiger partial charge is 0.114 e. The molecule has 1 unspecified atom stereocenters. The van der Waals surface area contributed by atoms with Crippen LogP contribution in [0, 0.1) is 5.92 Å². The molecule has 0 saturated heterocycles. The fraction of sp³-hybridized carbons (Fsp3) is 1.00. The van der Waals surface area contributed by atoms with Gasteiger partial charge in [0.05, 0.1) is 0 Å². The second-order valence-electron chi connectivity index (χ2n) is 6.26. The van der Waals surface area contributed by atoms with Crippen LogP contribution in [0.4, 0.5) is 0 Å². The summed E-state index contributed by atoms with van der Waals surface area (Å²) in [6.07, 6.45) is 7.28. The Balaban J connectivity index is 2.40. The highest BCUT2D eigenvalue weighted by atomic mass is 28.3. The molecule has 0 heterocycles. The normalized spacial score (nSPS) is 20.8. The molecule has 1 N–H and O–H groups in total. The molecule has 0 aromatic carbocycles. The van der Waals surface area contributed by atoms with Crippen LogP contribution in [0.2, 0.25) is 11.1 Å². The minimum atomic E-state index is -0.743. The van der Waals surface area contributed by atoms with Crippen LogP contribution < -0.4 is 4.98 Å². The van der Waals surface area contributed by atoms with E-state index in [1.807, 2.05) is 0 Å². The summed E-state index contributed by atoms with van der Waals surface area (Å²) in [4.78, 5) is 3.88. The van der Waals surface area contributed by atoms with Crippen LogP contribution in [0.15, 0.2) is 0 Å². The molecule has 1 rings (SSSR count). The zero-order valence-electron chi connectivity index (χ0n) is 11.1. The Morgan fingerprint density at radius 3 is 2.27 bits per heavy atom. The van der Waals surface area contributed by atoms with Gasteiger partial charge in [-0.15, -0.1) is 0 Å². The van der Waals surface area contributed by atoms with Crippen LogP contribution in [0.3, 0.4) is 0 Å². The molecular weight excluding hydrogens is 198 g/mol. The fourth-order valence-electron chi connectivity index (χ4n) is 2.64. The Bertz CT molecular complexity index is 168. The largest absolute Gasteiger partial charge is 0.339 e. The van der Waals surface area contributed by atoms with Gasteiger partial charge in [0.2, 0.25) is 0 Å². The Morgan fingerprint density at radius 2 is 1.80 bits per heavy atom. The summed E-state index contributed by atoms with van der Waals surface area (Å²) in [7, 11) is -0.743. The quantitative estimate of drug-likeness (QED) is 0.706. The van der Waals surface area contributed by atoms with Crippen molar-refractivity contribution in [2.45, 2.75) is 70.9 Å². The first-order chi connectivity index (χ1) is 7.04. The SMILES string of the molecule is CCCN[SiH](CC1CCCC1)C(C)(C)C. The zero-order chi connectivity index (χ0) is 11.3. The molecule has 1 aliphatic carbocycles. The highest BCUT2D eigenvalue weighted by molar-refractivity contribution is 6.59.